The van der Waals surface area contributed by atoms with Crippen molar-refractivity contribution >= 4 is 18.0 Å². The van der Waals surface area contributed by atoms with Crippen molar-refractivity contribution in [3.63, 3.8) is 0 Å². The molecule has 0 unspecified atom stereocenters. The van der Waals surface area contributed by atoms with Gasteiger partial charge in [0.15, 0.2) is 5.82 Å². The van der Waals surface area contributed by atoms with Crippen LogP contribution in [0.1, 0.15) is 45.0 Å². The number of nitrogens with zero attached hydrogens (tertiary/aromatic N) is 4. The smallest absolute Gasteiger partial charge is 0.211 e. The summed E-state index contributed by atoms with van der Waals surface area (Å²) in [5.74, 6) is 2.00. The highest BCUT2D eigenvalue weighted by Gasteiger charge is 2.13. The monoisotopic (exact) mass is 318 g/mol. The first-order chi connectivity index (χ1) is 10.5. The largest absolute Gasteiger partial charge is 0.491 e. The highest BCUT2D eigenvalue weighted by atomic mass is 32.2. The quantitative estimate of drug-likeness (QED) is 0.600. The van der Waals surface area contributed by atoms with Crippen LogP contribution < -0.4 is 4.74 Å². The Balaban J connectivity index is 2.19. The summed E-state index contributed by atoms with van der Waals surface area (Å²) in [4.78, 5) is 0. The number of benzene rings is 1. The van der Waals surface area contributed by atoms with Crippen LogP contribution in [-0.2, 0) is 0 Å². The van der Waals surface area contributed by atoms with Gasteiger partial charge in [0.1, 0.15) is 5.75 Å². The van der Waals surface area contributed by atoms with Gasteiger partial charge in [-0.15, -0.1) is 10.2 Å². The first-order valence-corrected chi connectivity index (χ1v) is 8.54. The van der Waals surface area contributed by atoms with Gasteiger partial charge < -0.3 is 4.74 Å². The Morgan fingerprint density at radius 3 is 2.36 bits per heavy atom. The molecule has 0 fully saturated rings. The van der Waals surface area contributed by atoms with E-state index in [9.17, 15) is 0 Å². The topological polar surface area (TPSA) is 52.3 Å². The van der Waals surface area contributed by atoms with E-state index in [1.54, 1.807) is 4.68 Å². The summed E-state index contributed by atoms with van der Waals surface area (Å²) in [5.41, 5.74) is 1.01. The fourth-order valence-corrected chi connectivity index (χ4v) is 2.34. The third-order valence-corrected chi connectivity index (χ3v) is 3.53. The molecule has 0 aliphatic rings. The molecule has 2 rings (SSSR count). The molecule has 0 saturated heterocycles. The van der Waals surface area contributed by atoms with Crippen molar-refractivity contribution in [2.45, 2.75) is 44.9 Å². The lowest BCUT2D eigenvalue weighted by Crippen LogP contribution is -2.05. The average molecular weight is 318 g/mol. The zero-order chi connectivity index (χ0) is 16.1. The van der Waals surface area contributed by atoms with Crippen LogP contribution in [0.5, 0.6) is 5.75 Å². The molecule has 118 valence electrons. The number of hydrogen-bond donors (Lipinski definition) is 0. The molecule has 0 N–H and O–H groups in total. The maximum atomic E-state index is 5.63. The van der Waals surface area contributed by atoms with Crippen molar-refractivity contribution < 1.29 is 4.74 Å². The number of thioether (sulfide) groups is 1. The second-order valence-corrected chi connectivity index (χ2v) is 6.27. The predicted molar refractivity (Wildman–Crippen MR) is 91.1 cm³/mol. The molecule has 0 saturated carbocycles. The van der Waals surface area contributed by atoms with Gasteiger partial charge in [-0.05, 0) is 49.9 Å². The highest BCUT2D eigenvalue weighted by molar-refractivity contribution is 7.98. The van der Waals surface area contributed by atoms with Gasteiger partial charge in [-0.3, -0.25) is 0 Å². The van der Waals surface area contributed by atoms with Crippen LogP contribution in [0.4, 0.5) is 0 Å². The van der Waals surface area contributed by atoms with Crippen LogP contribution in [0, 0.1) is 0 Å². The fraction of sp³-hybridized carbons (Fsp3) is 0.438. The van der Waals surface area contributed by atoms with Crippen LogP contribution in [0.3, 0.4) is 0 Å². The van der Waals surface area contributed by atoms with Crippen LogP contribution in [-0.4, -0.2) is 33.4 Å². The van der Waals surface area contributed by atoms with Gasteiger partial charge in [0.2, 0.25) is 5.16 Å². The zero-order valence-corrected chi connectivity index (χ0v) is 14.5. The van der Waals surface area contributed by atoms with Gasteiger partial charge in [0.25, 0.3) is 0 Å². The minimum atomic E-state index is 0.175. The summed E-state index contributed by atoms with van der Waals surface area (Å²) >= 11 is 1.53. The van der Waals surface area contributed by atoms with Crippen LogP contribution in [0.15, 0.2) is 34.5 Å². The molecule has 6 heteroatoms. The van der Waals surface area contributed by atoms with E-state index in [0.717, 1.165) is 22.3 Å². The Morgan fingerprint density at radius 2 is 1.82 bits per heavy atom. The third kappa shape index (κ3) is 4.10. The molecule has 0 aliphatic heterocycles. The summed E-state index contributed by atoms with van der Waals surface area (Å²) in [6.07, 6.45) is 3.96. The van der Waals surface area contributed by atoms with E-state index in [2.05, 4.69) is 29.1 Å². The Hall–Kier alpha value is -1.82. The number of rotatable bonds is 6. The van der Waals surface area contributed by atoms with Crippen molar-refractivity contribution in [3.8, 4) is 5.75 Å². The van der Waals surface area contributed by atoms with Gasteiger partial charge in [-0.1, -0.05) is 25.6 Å². The predicted octanol–water partition coefficient (Wildman–Crippen LogP) is 3.79. The molecular weight excluding hydrogens is 296 g/mol. The van der Waals surface area contributed by atoms with Crippen molar-refractivity contribution in [3.05, 3.63) is 35.7 Å². The average Bonchev–Trinajstić information content (AvgIpc) is 2.89. The second-order valence-electron chi connectivity index (χ2n) is 5.49. The first-order valence-electron chi connectivity index (χ1n) is 7.31. The second kappa shape index (κ2) is 7.45. The molecule has 0 radical (unpaired) electrons. The van der Waals surface area contributed by atoms with Crippen LogP contribution in [0.2, 0.25) is 0 Å². The van der Waals surface area contributed by atoms with Crippen molar-refractivity contribution in [1.29, 1.82) is 0 Å². The fourth-order valence-electron chi connectivity index (χ4n) is 1.90. The van der Waals surface area contributed by atoms with E-state index in [1.165, 1.54) is 11.8 Å². The van der Waals surface area contributed by atoms with E-state index in [-0.39, 0.29) is 12.0 Å². The molecule has 0 aliphatic carbocycles. The highest BCUT2D eigenvalue weighted by Crippen LogP contribution is 2.19. The van der Waals surface area contributed by atoms with Crippen molar-refractivity contribution in [2.24, 2.45) is 5.10 Å². The Labute approximate surface area is 135 Å². The van der Waals surface area contributed by atoms with Gasteiger partial charge in [-0.25, -0.2) is 0 Å². The molecular formula is C16H22N4OS. The van der Waals surface area contributed by atoms with E-state index >= 15 is 0 Å². The number of aromatic nitrogens is 3. The lowest BCUT2D eigenvalue weighted by Gasteiger charge is -2.09. The lowest BCUT2D eigenvalue weighted by atomic mass is 10.2. The molecule has 22 heavy (non-hydrogen) atoms. The molecule has 1 aromatic heterocycles. The normalized spacial score (nSPS) is 11.8. The molecule has 0 spiro atoms. The molecule has 0 atom stereocenters. The molecule has 1 aromatic carbocycles. The van der Waals surface area contributed by atoms with Gasteiger partial charge >= 0.3 is 0 Å². The SMILES string of the molecule is CSc1nnc(C(C)C)n1/N=C\c1ccc(OC(C)C)cc1. The Morgan fingerprint density at radius 1 is 1.14 bits per heavy atom. The number of hydrogen-bond acceptors (Lipinski definition) is 5. The van der Waals surface area contributed by atoms with Crippen LogP contribution in [0.25, 0.3) is 0 Å². The van der Waals surface area contributed by atoms with Gasteiger partial charge in [0, 0.05) is 5.92 Å². The molecule has 0 amide bonds. The Bertz CT molecular complexity index is 632. The minimum Gasteiger partial charge on any atom is -0.491 e. The zero-order valence-electron chi connectivity index (χ0n) is 13.6. The summed E-state index contributed by atoms with van der Waals surface area (Å²) in [6, 6.07) is 7.87. The lowest BCUT2D eigenvalue weighted by molar-refractivity contribution is 0.242. The first kappa shape index (κ1) is 16.5. The summed E-state index contributed by atoms with van der Waals surface area (Å²) < 4.78 is 7.43. The number of ether oxygens (including phenoxy) is 1. The van der Waals surface area contributed by atoms with E-state index in [4.69, 9.17) is 4.74 Å². The van der Waals surface area contributed by atoms with Crippen LogP contribution >= 0.6 is 11.8 Å². The molecule has 0 bridgehead atoms. The molecule has 1 heterocycles. The summed E-state index contributed by atoms with van der Waals surface area (Å²) in [5, 5.41) is 13.7. The molecule has 2 aromatic rings. The summed E-state index contributed by atoms with van der Waals surface area (Å²) in [7, 11) is 0. The molecule has 5 nitrogen and oxygen atoms in total. The standard InChI is InChI=1S/C16H22N4OS/c1-11(2)15-18-19-16(22-5)20(15)17-10-13-6-8-14(9-7-13)21-12(3)4/h6-12H,1-5H3/b17-10-. The maximum Gasteiger partial charge on any atom is 0.211 e. The van der Waals surface area contributed by atoms with Crippen molar-refractivity contribution in [1.82, 2.24) is 14.9 Å². The van der Waals surface area contributed by atoms with Gasteiger partial charge in [0.05, 0.1) is 12.3 Å². The van der Waals surface area contributed by atoms with Gasteiger partial charge in [-0.2, -0.15) is 9.78 Å². The minimum absolute atomic E-state index is 0.175. The third-order valence-electron chi connectivity index (χ3n) is 2.91. The maximum absolute atomic E-state index is 5.63. The van der Waals surface area contributed by atoms with Crippen molar-refractivity contribution in [2.75, 3.05) is 6.26 Å². The Kier molecular flexibility index (Phi) is 5.60. The summed E-state index contributed by atoms with van der Waals surface area (Å²) in [6.45, 7) is 8.19. The van der Waals surface area contributed by atoms with E-state index < -0.39 is 0 Å². The van der Waals surface area contributed by atoms with E-state index in [0.29, 0.717) is 0 Å². The van der Waals surface area contributed by atoms with E-state index in [1.807, 2.05) is 50.6 Å².